The van der Waals surface area contributed by atoms with Gasteiger partial charge in [-0.1, -0.05) is 24.3 Å². The number of ether oxygens (including phenoxy) is 1. The first-order chi connectivity index (χ1) is 14.8. The predicted octanol–water partition coefficient (Wildman–Crippen LogP) is 5.95. The maximum absolute atomic E-state index is 13.2. The van der Waals surface area contributed by atoms with Gasteiger partial charge in [-0.15, -0.1) is 0 Å². The lowest BCUT2D eigenvalue weighted by Gasteiger charge is -2.17. The van der Waals surface area contributed by atoms with E-state index >= 15 is 0 Å². The van der Waals surface area contributed by atoms with Crippen LogP contribution in [0.3, 0.4) is 0 Å². The molecule has 0 aliphatic heterocycles. The first-order valence-corrected chi connectivity index (χ1v) is 10.3. The summed E-state index contributed by atoms with van der Waals surface area (Å²) in [6.45, 7) is 3.43. The third kappa shape index (κ3) is 6.29. The highest BCUT2D eigenvalue weighted by Crippen LogP contribution is 2.27. The summed E-state index contributed by atoms with van der Waals surface area (Å²) in [5, 5.41) is 8.27. The smallest absolute Gasteiger partial charge is 0.323 e. The first-order valence-electron chi connectivity index (χ1n) is 9.48. The summed E-state index contributed by atoms with van der Waals surface area (Å²) in [7, 11) is 0. The zero-order chi connectivity index (χ0) is 22.4. The van der Waals surface area contributed by atoms with Crippen molar-refractivity contribution < 1.29 is 18.7 Å². The summed E-state index contributed by atoms with van der Waals surface area (Å²) in [4.78, 5) is 24.8. The van der Waals surface area contributed by atoms with Crippen LogP contribution in [0.1, 0.15) is 12.5 Å². The molecule has 0 spiro atoms. The summed E-state index contributed by atoms with van der Waals surface area (Å²) < 4.78 is 19.3. The van der Waals surface area contributed by atoms with Crippen LogP contribution >= 0.6 is 15.9 Å². The number of nitrogens with one attached hydrogen (secondary N) is 3. The van der Waals surface area contributed by atoms with E-state index in [4.69, 9.17) is 4.74 Å². The van der Waals surface area contributed by atoms with E-state index in [1.165, 1.54) is 18.2 Å². The van der Waals surface area contributed by atoms with Crippen molar-refractivity contribution in [3.8, 4) is 5.75 Å². The Bertz CT molecular complexity index is 1090. The Hall–Kier alpha value is -3.39. The second kappa shape index (κ2) is 10.1. The van der Waals surface area contributed by atoms with Crippen molar-refractivity contribution in [1.29, 1.82) is 0 Å². The number of amides is 3. The Balaban J connectivity index is 1.64. The molecule has 3 aromatic carbocycles. The summed E-state index contributed by atoms with van der Waals surface area (Å²) in [6, 6.07) is 17.8. The number of carbonyl (C=O) groups excluding carboxylic acids is 2. The van der Waals surface area contributed by atoms with Gasteiger partial charge < -0.3 is 20.7 Å². The van der Waals surface area contributed by atoms with Crippen molar-refractivity contribution in [1.82, 2.24) is 0 Å². The highest BCUT2D eigenvalue weighted by molar-refractivity contribution is 9.10. The normalized spacial score (nSPS) is 11.4. The van der Waals surface area contributed by atoms with Crippen molar-refractivity contribution in [3.63, 3.8) is 0 Å². The minimum Gasteiger partial charge on any atom is -0.480 e. The molecule has 3 N–H and O–H groups in total. The highest BCUT2D eigenvalue weighted by Gasteiger charge is 2.17. The SMILES string of the molecule is Cc1ccc(NC(=O)Nc2ccccc2)cc1NC(=O)C(C)Oc1ccc(F)cc1Br. The number of anilines is 3. The average molecular weight is 486 g/mol. The van der Waals surface area contributed by atoms with Crippen molar-refractivity contribution >= 4 is 44.9 Å². The van der Waals surface area contributed by atoms with E-state index in [-0.39, 0.29) is 5.91 Å². The van der Waals surface area contributed by atoms with Crippen LogP contribution in [0.15, 0.2) is 71.2 Å². The van der Waals surface area contributed by atoms with E-state index in [1.807, 2.05) is 25.1 Å². The largest absolute Gasteiger partial charge is 0.480 e. The van der Waals surface area contributed by atoms with E-state index in [9.17, 15) is 14.0 Å². The van der Waals surface area contributed by atoms with Gasteiger partial charge in [0, 0.05) is 17.1 Å². The molecule has 3 rings (SSSR count). The molecule has 31 heavy (non-hydrogen) atoms. The Kier molecular flexibility index (Phi) is 7.25. The van der Waals surface area contributed by atoms with Crippen LogP contribution in [0.25, 0.3) is 0 Å². The van der Waals surface area contributed by atoms with Gasteiger partial charge in [-0.3, -0.25) is 4.79 Å². The van der Waals surface area contributed by atoms with Gasteiger partial charge in [0.2, 0.25) is 0 Å². The van der Waals surface area contributed by atoms with Gasteiger partial charge in [-0.25, -0.2) is 9.18 Å². The molecule has 3 aromatic rings. The Morgan fingerprint density at radius 1 is 0.935 bits per heavy atom. The number of halogens is 2. The fraction of sp³-hybridized carbons (Fsp3) is 0.130. The minimum atomic E-state index is -0.834. The lowest BCUT2D eigenvalue weighted by atomic mass is 10.1. The van der Waals surface area contributed by atoms with E-state index in [0.717, 1.165) is 5.56 Å². The number of hydrogen-bond donors (Lipinski definition) is 3. The molecule has 0 aliphatic carbocycles. The van der Waals surface area contributed by atoms with Gasteiger partial charge >= 0.3 is 6.03 Å². The van der Waals surface area contributed by atoms with E-state index < -0.39 is 18.0 Å². The van der Waals surface area contributed by atoms with Crippen molar-refractivity contribution in [2.24, 2.45) is 0 Å². The molecule has 0 heterocycles. The molecule has 0 saturated carbocycles. The molecule has 0 aromatic heterocycles. The van der Waals surface area contributed by atoms with E-state index in [0.29, 0.717) is 27.3 Å². The zero-order valence-corrected chi connectivity index (χ0v) is 18.5. The molecule has 0 radical (unpaired) electrons. The molecule has 1 atom stereocenters. The van der Waals surface area contributed by atoms with Crippen LogP contribution in [0, 0.1) is 12.7 Å². The molecule has 8 heteroatoms. The van der Waals surface area contributed by atoms with Gasteiger partial charge in [0.05, 0.1) is 4.47 Å². The second-order valence-corrected chi connectivity index (χ2v) is 7.65. The Morgan fingerprint density at radius 3 is 2.35 bits per heavy atom. The number of para-hydroxylation sites is 1. The molecule has 160 valence electrons. The molecular weight excluding hydrogens is 465 g/mol. The molecule has 0 aliphatic rings. The molecule has 0 bridgehead atoms. The zero-order valence-electron chi connectivity index (χ0n) is 16.9. The van der Waals surface area contributed by atoms with E-state index in [2.05, 4.69) is 31.9 Å². The van der Waals surface area contributed by atoms with Crippen LogP contribution in [0.2, 0.25) is 0 Å². The molecule has 1 unspecified atom stereocenters. The number of carbonyl (C=O) groups is 2. The molecule has 3 amide bonds. The maximum atomic E-state index is 13.2. The fourth-order valence-electron chi connectivity index (χ4n) is 2.70. The molecule has 0 saturated heterocycles. The van der Waals surface area contributed by atoms with Gasteiger partial charge in [-0.2, -0.15) is 0 Å². The third-order valence-electron chi connectivity index (χ3n) is 4.35. The summed E-state index contributed by atoms with van der Waals surface area (Å²) in [5.41, 5.74) is 2.54. The van der Waals surface area contributed by atoms with Gasteiger partial charge in [0.15, 0.2) is 6.10 Å². The second-order valence-electron chi connectivity index (χ2n) is 6.80. The van der Waals surface area contributed by atoms with Crippen molar-refractivity contribution in [2.75, 3.05) is 16.0 Å². The number of benzene rings is 3. The van der Waals surface area contributed by atoms with Crippen molar-refractivity contribution in [3.05, 3.63) is 82.6 Å². The standard InChI is InChI=1S/C23H21BrFN3O3/c1-14-8-10-18(27-23(30)26-17-6-4-3-5-7-17)13-20(14)28-22(29)15(2)31-21-11-9-16(25)12-19(21)24/h3-13,15H,1-2H3,(H,28,29)(H2,26,27,30). The van der Waals surface area contributed by atoms with Gasteiger partial charge in [0.1, 0.15) is 11.6 Å². The number of urea groups is 1. The Labute approximate surface area is 187 Å². The monoisotopic (exact) mass is 485 g/mol. The lowest BCUT2D eigenvalue weighted by Crippen LogP contribution is -2.30. The van der Waals surface area contributed by atoms with Crippen LogP contribution in [0.5, 0.6) is 5.75 Å². The van der Waals surface area contributed by atoms with Gasteiger partial charge in [0.25, 0.3) is 5.91 Å². The van der Waals surface area contributed by atoms with Crippen LogP contribution in [-0.2, 0) is 4.79 Å². The maximum Gasteiger partial charge on any atom is 0.323 e. The molecular formula is C23H21BrFN3O3. The van der Waals surface area contributed by atoms with E-state index in [1.54, 1.807) is 37.3 Å². The average Bonchev–Trinajstić information content (AvgIpc) is 2.73. The third-order valence-corrected chi connectivity index (χ3v) is 4.97. The van der Waals surface area contributed by atoms with Crippen LogP contribution < -0.4 is 20.7 Å². The first kappa shape index (κ1) is 22.3. The quantitative estimate of drug-likeness (QED) is 0.403. The summed E-state index contributed by atoms with van der Waals surface area (Å²) in [5.74, 6) is -0.438. The van der Waals surface area contributed by atoms with Crippen molar-refractivity contribution in [2.45, 2.75) is 20.0 Å². The predicted molar refractivity (Wildman–Crippen MR) is 123 cm³/mol. The fourth-order valence-corrected chi connectivity index (χ4v) is 3.14. The number of aryl methyl sites for hydroxylation is 1. The summed E-state index contributed by atoms with van der Waals surface area (Å²) >= 11 is 3.22. The molecule has 0 fully saturated rings. The highest BCUT2D eigenvalue weighted by atomic mass is 79.9. The lowest BCUT2D eigenvalue weighted by molar-refractivity contribution is -0.122. The number of rotatable bonds is 6. The summed E-state index contributed by atoms with van der Waals surface area (Å²) in [6.07, 6.45) is -0.834. The van der Waals surface area contributed by atoms with Crippen LogP contribution in [-0.4, -0.2) is 18.0 Å². The minimum absolute atomic E-state index is 0.355. The van der Waals surface area contributed by atoms with Gasteiger partial charge in [-0.05, 0) is 77.8 Å². The molecule has 6 nitrogen and oxygen atoms in total. The number of hydrogen-bond acceptors (Lipinski definition) is 3. The van der Waals surface area contributed by atoms with Crippen LogP contribution in [0.4, 0.5) is 26.2 Å². The Morgan fingerprint density at radius 2 is 1.65 bits per heavy atom. The topological polar surface area (TPSA) is 79.5 Å².